The highest BCUT2D eigenvalue weighted by Crippen LogP contribution is 2.19. The van der Waals surface area contributed by atoms with Crippen molar-refractivity contribution in [3.8, 4) is 0 Å². The molecule has 0 amide bonds. The largest absolute Gasteiger partial charge is 0.330 e. The van der Waals surface area contributed by atoms with Crippen LogP contribution in [0.1, 0.15) is 25.5 Å². The Labute approximate surface area is 94.1 Å². The third-order valence-electron chi connectivity index (χ3n) is 2.75. The van der Waals surface area contributed by atoms with Gasteiger partial charge in [0, 0.05) is 6.04 Å². The molecule has 0 bridgehead atoms. The highest BCUT2D eigenvalue weighted by Gasteiger charge is 2.12. The van der Waals surface area contributed by atoms with Crippen molar-refractivity contribution in [1.29, 1.82) is 0 Å². The van der Waals surface area contributed by atoms with Crippen LogP contribution in [0.4, 0.5) is 0 Å². The van der Waals surface area contributed by atoms with Gasteiger partial charge in [0.05, 0.1) is 11.0 Å². The van der Waals surface area contributed by atoms with E-state index in [0.29, 0.717) is 6.54 Å². The number of aromatic nitrogens is 2. The van der Waals surface area contributed by atoms with Crippen molar-refractivity contribution in [2.24, 2.45) is 5.73 Å². The molecule has 0 atom stereocenters. The predicted octanol–water partition coefficient (Wildman–Crippen LogP) is 1.41. The van der Waals surface area contributed by atoms with Crippen LogP contribution < -0.4 is 11.4 Å². The summed E-state index contributed by atoms with van der Waals surface area (Å²) in [5.74, 6) is 0. The van der Waals surface area contributed by atoms with E-state index >= 15 is 0 Å². The van der Waals surface area contributed by atoms with Gasteiger partial charge in [-0.3, -0.25) is 4.57 Å². The maximum absolute atomic E-state index is 11.8. The van der Waals surface area contributed by atoms with Crippen LogP contribution >= 0.6 is 0 Å². The number of nitrogens with zero attached hydrogens (tertiary/aromatic N) is 1. The molecule has 3 N–H and O–H groups in total. The van der Waals surface area contributed by atoms with Crippen LogP contribution in [0, 0.1) is 0 Å². The summed E-state index contributed by atoms with van der Waals surface area (Å²) in [5.41, 5.74) is 8.56. The molecule has 0 fully saturated rings. The molecule has 0 unspecified atom stereocenters. The Kier molecular flexibility index (Phi) is 2.83. The summed E-state index contributed by atoms with van der Waals surface area (Å²) >= 11 is 0. The van der Waals surface area contributed by atoms with E-state index in [0.717, 1.165) is 23.0 Å². The number of nitrogens with two attached hydrogens (primary N) is 1. The molecule has 0 saturated carbocycles. The summed E-state index contributed by atoms with van der Waals surface area (Å²) in [5, 5.41) is 0. The number of hydrogen-bond acceptors (Lipinski definition) is 2. The molecule has 0 spiro atoms. The Balaban J connectivity index is 2.77. The molecule has 0 aliphatic heterocycles. The molecule has 0 radical (unpaired) electrons. The molecule has 2 rings (SSSR count). The number of para-hydroxylation sites is 1. The highest BCUT2D eigenvalue weighted by atomic mass is 16.1. The van der Waals surface area contributed by atoms with Crippen LogP contribution in [0.25, 0.3) is 11.0 Å². The van der Waals surface area contributed by atoms with Gasteiger partial charge in [-0.2, -0.15) is 0 Å². The number of benzene rings is 1. The molecule has 0 saturated heterocycles. The number of imidazole rings is 1. The van der Waals surface area contributed by atoms with Crippen LogP contribution in [0.3, 0.4) is 0 Å². The van der Waals surface area contributed by atoms with Crippen LogP contribution in [0.5, 0.6) is 0 Å². The first-order chi connectivity index (χ1) is 7.65. The fourth-order valence-corrected chi connectivity index (χ4v) is 2.10. The number of rotatable bonds is 3. The number of aromatic amines is 1. The molecule has 1 aromatic carbocycles. The van der Waals surface area contributed by atoms with E-state index in [-0.39, 0.29) is 11.7 Å². The van der Waals surface area contributed by atoms with E-state index in [1.807, 2.05) is 32.0 Å². The lowest BCUT2D eigenvalue weighted by Gasteiger charge is -2.10. The molecule has 16 heavy (non-hydrogen) atoms. The predicted molar refractivity (Wildman–Crippen MR) is 65.7 cm³/mol. The van der Waals surface area contributed by atoms with Crippen molar-refractivity contribution in [1.82, 2.24) is 9.55 Å². The average Bonchev–Trinajstić information content (AvgIpc) is 2.55. The molecule has 4 nitrogen and oxygen atoms in total. The van der Waals surface area contributed by atoms with Crippen LogP contribution in [-0.2, 0) is 6.42 Å². The Morgan fingerprint density at radius 1 is 1.44 bits per heavy atom. The molecule has 2 aromatic rings. The monoisotopic (exact) mass is 219 g/mol. The number of fused-ring (bicyclic) bond motifs is 1. The SMILES string of the molecule is CC(C)n1c(=O)[nH]c2cccc(CCN)c21. The molecular weight excluding hydrogens is 202 g/mol. The molecule has 0 aliphatic rings. The fraction of sp³-hybridized carbons (Fsp3) is 0.417. The smallest absolute Gasteiger partial charge is 0.326 e. The maximum Gasteiger partial charge on any atom is 0.326 e. The van der Waals surface area contributed by atoms with Crippen molar-refractivity contribution < 1.29 is 0 Å². The second kappa shape index (κ2) is 4.14. The van der Waals surface area contributed by atoms with Crippen LogP contribution in [0.15, 0.2) is 23.0 Å². The molecule has 4 heteroatoms. The first-order valence-electron chi connectivity index (χ1n) is 5.57. The lowest BCUT2D eigenvalue weighted by atomic mass is 10.1. The van der Waals surface area contributed by atoms with E-state index in [4.69, 9.17) is 5.73 Å². The van der Waals surface area contributed by atoms with Gasteiger partial charge in [-0.25, -0.2) is 4.79 Å². The third-order valence-corrected chi connectivity index (χ3v) is 2.75. The Morgan fingerprint density at radius 2 is 2.19 bits per heavy atom. The second-order valence-corrected chi connectivity index (χ2v) is 4.25. The first-order valence-corrected chi connectivity index (χ1v) is 5.57. The van der Waals surface area contributed by atoms with E-state index in [2.05, 4.69) is 4.98 Å². The van der Waals surface area contributed by atoms with Gasteiger partial charge in [-0.1, -0.05) is 12.1 Å². The van der Waals surface area contributed by atoms with Crippen molar-refractivity contribution in [2.45, 2.75) is 26.3 Å². The third kappa shape index (κ3) is 1.65. The Hall–Kier alpha value is -1.55. The van der Waals surface area contributed by atoms with Gasteiger partial charge in [0.15, 0.2) is 0 Å². The summed E-state index contributed by atoms with van der Waals surface area (Å²) in [7, 11) is 0. The van der Waals surface area contributed by atoms with Crippen molar-refractivity contribution in [3.05, 3.63) is 34.2 Å². The number of H-pyrrole nitrogens is 1. The van der Waals surface area contributed by atoms with Crippen molar-refractivity contribution >= 4 is 11.0 Å². The van der Waals surface area contributed by atoms with E-state index in [9.17, 15) is 4.79 Å². The molecular formula is C12H17N3O. The lowest BCUT2D eigenvalue weighted by molar-refractivity contribution is 0.596. The van der Waals surface area contributed by atoms with Crippen LogP contribution in [0.2, 0.25) is 0 Å². The summed E-state index contributed by atoms with van der Waals surface area (Å²) in [6.07, 6.45) is 0.793. The zero-order valence-corrected chi connectivity index (χ0v) is 9.66. The zero-order valence-electron chi connectivity index (χ0n) is 9.66. The van der Waals surface area contributed by atoms with Gasteiger partial charge in [-0.15, -0.1) is 0 Å². The Bertz CT molecular complexity index is 551. The second-order valence-electron chi connectivity index (χ2n) is 4.25. The molecule has 1 aromatic heterocycles. The summed E-state index contributed by atoms with van der Waals surface area (Å²) < 4.78 is 1.79. The standard InChI is InChI=1S/C12H17N3O/c1-8(2)15-11-9(6-7-13)4-3-5-10(11)14-12(15)16/h3-5,8H,6-7,13H2,1-2H3,(H,14,16). The van der Waals surface area contributed by atoms with Gasteiger partial charge in [0.1, 0.15) is 0 Å². The molecule has 1 heterocycles. The lowest BCUT2D eigenvalue weighted by Crippen LogP contribution is -2.19. The molecule has 0 aliphatic carbocycles. The first kappa shape index (κ1) is 11.0. The van der Waals surface area contributed by atoms with E-state index < -0.39 is 0 Å². The zero-order chi connectivity index (χ0) is 11.7. The van der Waals surface area contributed by atoms with Crippen LogP contribution in [-0.4, -0.2) is 16.1 Å². The van der Waals surface area contributed by atoms with Gasteiger partial charge in [0.2, 0.25) is 0 Å². The maximum atomic E-state index is 11.8. The Morgan fingerprint density at radius 3 is 2.81 bits per heavy atom. The minimum Gasteiger partial charge on any atom is -0.330 e. The van der Waals surface area contributed by atoms with Gasteiger partial charge in [0.25, 0.3) is 0 Å². The normalized spacial score (nSPS) is 11.5. The highest BCUT2D eigenvalue weighted by molar-refractivity contribution is 5.79. The van der Waals surface area contributed by atoms with Crippen molar-refractivity contribution in [3.63, 3.8) is 0 Å². The average molecular weight is 219 g/mol. The summed E-state index contributed by atoms with van der Waals surface area (Å²) in [4.78, 5) is 14.7. The topological polar surface area (TPSA) is 63.8 Å². The molecule has 86 valence electrons. The number of hydrogen-bond donors (Lipinski definition) is 2. The van der Waals surface area contributed by atoms with Gasteiger partial charge in [-0.05, 0) is 38.4 Å². The van der Waals surface area contributed by atoms with E-state index in [1.54, 1.807) is 4.57 Å². The van der Waals surface area contributed by atoms with Gasteiger partial charge >= 0.3 is 5.69 Å². The quantitative estimate of drug-likeness (QED) is 0.819. The summed E-state index contributed by atoms with van der Waals surface area (Å²) in [6, 6.07) is 6.06. The van der Waals surface area contributed by atoms with Gasteiger partial charge < -0.3 is 10.7 Å². The summed E-state index contributed by atoms with van der Waals surface area (Å²) in [6.45, 7) is 4.61. The fourth-order valence-electron chi connectivity index (χ4n) is 2.10. The minimum atomic E-state index is -0.0468. The minimum absolute atomic E-state index is 0.0468. The van der Waals surface area contributed by atoms with Crippen molar-refractivity contribution in [2.75, 3.05) is 6.54 Å². The van der Waals surface area contributed by atoms with E-state index in [1.165, 1.54) is 0 Å². The number of nitrogens with one attached hydrogen (secondary N) is 1.